The number of halogens is 1. The summed E-state index contributed by atoms with van der Waals surface area (Å²) in [6, 6.07) is 4.39. The number of nitrogens with two attached hydrogens (primary N) is 1. The summed E-state index contributed by atoms with van der Waals surface area (Å²) in [5.41, 5.74) is 0. The second kappa shape index (κ2) is 7.53. The van der Waals surface area contributed by atoms with Crippen LogP contribution in [0, 0.1) is 0 Å². The molecule has 2 N–H and O–H groups in total. The average molecular weight is 304 g/mol. The van der Waals surface area contributed by atoms with Crippen LogP contribution in [-0.2, 0) is 10.0 Å². The summed E-state index contributed by atoms with van der Waals surface area (Å²) >= 11 is 5.76. The molecule has 19 heavy (non-hydrogen) atoms. The minimum absolute atomic E-state index is 0.0777. The molecule has 0 bridgehead atoms. The van der Waals surface area contributed by atoms with Gasteiger partial charge in [-0.25, -0.2) is 13.6 Å². The maximum Gasteiger partial charge on any atom is 0.241 e. The topological polar surface area (TPSA) is 69.4 Å². The lowest BCUT2D eigenvalue weighted by molar-refractivity contribution is 0.298. The summed E-state index contributed by atoms with van der Waals surface area (Å²) in [5.74, 6) is 0.246. The number of hydrogen-bond acceptors (Lipinski definition) is 3. The molecule has 4 nitrogen and oxygen atoms in total. The highest BCUT2D eigenvalue weighted by atomic mass is 35.5. The van der Waals surface area contributed by atoms with Crippen molar-refractivity contribution in [2.45, 2.75) is 30.6 Å². The molecule has 0 aromatic heterocycles. The molecule has 1 aromatic rings. The Bertz CT molecular complexity index is 529. The van der Waals surface area contributed by atoms with Crippen molar-refractivity contribution in [3.8, 4) is 5.75 Å². The number of sulfonamides is 1. The number of hydrogen-bond donors (Lipinski definition) is 1. The van der Waals surface area contributed by atoms with Crippen molar-refractivity contribution < 1.29 is 13.2 Å². The summed E-state index contributed by atoms with van der Waals surface area (Å²) in [6.45, 7) is 4.09. The van der Waals surface area contributed by atoms with Crippen LogP contribution in [0.25, 0.3) is 0 Å². The largest absolute Gasteiger partial charge is 0.492 e. The molecule has 0 aliphatic rings. The molecule has 106 valence electrons. The van der Waals surface area contributed by atoms with E-state index in [2.05, 4.69) is 6.58 Å². The van der Waals surface area contributed by atoms with Gasteiger partial charge in [0.15, 0.2) is 0 Å². The number of benzene rings is 1. The maximum absolute atomic E-state index is 11.4. The van der Waals surface area contributed by atoms with Crippen molar-refractivity contribution in [2.24, 2.45) is 5.14 Å². The summed E-state index contributed by atoms with van der Waals surface area (Å²) in [7, 11) is -3.83. The van der Waals surface area contributed by atoms with Crippen LogP contribution in [0.2, 0.25) is 5.02 Å². The molecule has 0 saturated heterocycles. The predicted octanol–water partition coefficient (Wildman–Crippen LogP) is 3.11. The van der Waals surface area contributed by atoms with Gasteiger partial charge in [-0.2, -0.15) is 0 Å². The minimum Gasteiger partial charge on any atom is -0.492 e. The first-order chi connectivity index (χ1) is 8.95. The van der Waals surface area contributed by atoms with E-state index in [4.69, 9.17) is 21.5 Å². The molecule has 0 atom stereocenters. The van der Waals surface area contributed by atoms with Crippen LogP contribution in [0.3, 0.4) is 0 Å². The highest BCUT2D eigenvalue weighted by Crippen LogP contribution is 2.26. The van der Waals surface area contributed by atoms with Gasteiger partial charge < -0.3 is 4.74 Å². The first-order valence-electron chi connectivity index (χ1n) is 6.01. The Hall–Kier alpha value is -1.04. The molecule has 0 spiro atoms. The van der Waals surface area contributed by atoms with Gasteiger partial charge >= 0.3 is 0 Å². The van der Waals surface area contributed by atoms with Gasteiger partial charge in [-0.1, -0.05) is 17.7 Å². The van der Waals surface area contributed by atoms with Crippen LogP contribution in [0.4, 0.5) is 0 Å². The van der Waals surface area contributed by atoms with E-state index in [1.165, 1.54) is 12.1 Å². The lowest BCUT2D eigenvalue weighted by Gasteiger charge is -2.10. The summed E-state index contributed by atoms with van der Waals surface area (Å²) in [6.07, 6.45) is 5.75. The van der Waals surface area contributed by atoms with Crippen LogP contribution in [0.5, 0.6) is 5.75 Å². The Morgan fingerprint density at radius 3 is 2.68 bits per heavy atom. The number of ether oxygens (including phenoxy) is 1. The Labute approximate surface area is 119 Å². The Morgan fingerprint density at radius 1 is 1.32 bits per heavy atom. The first-order valence-corrected chi connectivity index (χ1v) is 7.93. The van der Waals surface area contributed by atoms with E-state index in [0.29, 0.717) is 11.6 Å². The molecule has 0 heterocycles. The highest BCUT2D eigenvalue weighted by molar-refractivity contribution is 7.89. The first kappa shape index (κ1) is 16.0. The SMILES string of the molecule is C=CCCCCCOc1ccc(Cl)cc1S(N)(=O)=O. The second-order valence-electron chi connectivity index (χ2n) is 4.12. The zero-order valence-corrected chi connectivity index (χ0v) is 12.2. The van der Waals surface area contributed by atoms with E-state index in [9.17, 15) is 8.42 Å². The van der Waals surface area contributed by atoms with E-state index < -0.39 is 10.0 Å². The third-order valence-electron chi connectivity index (χ3n) is 2.52. The van der Waals surface area contributed by atoms with Crippen LogP contribution in [-0.4, -0.2) is 15.0 Å². The predicted molar refractivity (Wildman–Crippen MR) is 77.0 cm³/mol. The van der Waals surface area contributed by atoms with Crippen LogP contribution < -0.4 is 9.88 Å². The number of rotatable bonds is 8. The number of primary sulfonamides is 1. The molecule has 1 rings (SSSR count). The fourth-order valence-electron chi connectivity index (χ4n) is 1.57. The van der Waals surface area contributed by atoms with E-state index >= 15 is 0 Å². The van der Waals surface area contributed by atoms with Crippen LogP contribution in [0.1, 0.15) is 25.7 Å². The van der Waals surface area contributed by atoms with E-state index in [1.54, 1.807) is 6.07 Å². The van der Waals surface area contributed by atoms with Crippen LogP contribution >= 0.6 is 11.6 Å². The summed E-state index contributed by atoms with van der Waals surface area (Å²) in [4.78, 5) is -0.0777. The maximum atomic E-state index is 11.4. The third-order valence-corrected chi connectivity index (χ3v) is 3.69. The lowest BCUT2D eigenvalue weighted by Crippen LogP contribution is -2.14. The fraction of sp³-hybridized carbons (Fsp3) is 0.385. The van der Waals surface area contributed by atoms with Crippen molar-refractivity contribution in [3.63, 3.8) is 0 Å². The molecule has 0 amide bonds. The Balaban J connectivity index is 2.61. The monoisotopic (exact) mass is 303 g/mol. The molecule has 0 aliphatic heterocycles. The van der Waals surface area contributed by atoms with Gasteiger partial charge in [-0.3, -0.25) is 0 Å². The molecule has 0 unspecified atom stereocenters. The normalized spacial score (nSPS) is 11.3. The molecular formula is C13H18ClNO3S. The van der Waals surface area contributed by atoms with Crippen molar-refractivity contribution in [1.29, 1.82) is 0 Å². The van der Waals surface area contributed by atoms with Gasteiger partial charge in [0.25, 0.3) is 0 Å². The lowest BCUT2D eigenvalue weighted by atomic mass is 10.2. The molecule has 1 aromatic carbocycles. The van der Waals surface area contributed by atoms with E-state index in [0.717, 1.165) is 25.7 Å². The highest BCUT2D eigenvalue weighted by Gasteiger charge is 2.15. The van der Waals surface area contributed by atoms with Gasteiger partial charge in [0.05, 0.1) is 6.61 Å². The van der Waals surface area contributed by atoms with Crippen LogP contribution in [0.15, 0.2) is 35.7 Å². The Morgan fingerprint density at radius 2 is 2.05 bits per heavy atom. The van der Waals surface area contributed by atoms with Crippen molar-refractivity contribution in [2.75, 3.05) is 6.61 Å². The van der Waals surface area contributed by atoms with Gasteiger partial charge in [-0.15, -0.1) is 6.58 Å². The van der Waals surface area contributed by atoms with Crippen molar-refractivity contribution in [1.82, 2.24) is 0 Å². The molecule has 0 fully saturated rings. The minimum atomic E-state index is -3.83. The molecule has 0 saturated carbocycles. The molecule has 6 heteroatoms. The number of allylic oxidation sites excluding steroid dienone is 1. The summed E-state index contributed by atoms with van der Waals surface area (Å²) < 4.78 is 28.3. The fourth-order valence-corrected chi connectivity index (χ4v) is 2.51. The Kier molecular flexibility index (Phi) is 6.34. The molecule has 0 radical (unpaired) electrons. The smallest absolute Gasteiger partial charge is 0.241 e. The zero-order chi connectivity index (χ0) is 14.3. The van der Waals surface area contributed by atoms with Gasteiger partial charge in [0.1, 0.15) is 10.6 Å². The van der Waals surface area contributed by atoms with Crippen molar-refractivity contribution >= 4 is 21.6 Å². The van der Waals surface area contributed by atoms with Gasteiger partial charge in [0.2, 0.25) is 10.0 Å². The quantitative estimate of drug-likeness (QED) is 0.592. The number of unbranched alkanes of at least 4 members (excludes halogenated alkanes) is 3. The molecular weight excluding hydrogens is 286 g/mol. The van der Waals surface area contributed by atoms with Gasteiger partial charge in [0, 0.05) is 5.02 Å². The standard InChI is InChI=1S/C13H18ClNO3S/c1-2-3-4-5-6-9-18-12-8-7-11(14)10-13(12)19(15,16)17/h2,7-8,10H,1,3-6,9H2,(H2,15,16,17). The summed E-state index contributed by atoms with van der Waals surface area (Å²) in [5, 5.41) is 5.43. The average Bonchev–Trinajstić information content (AvgIpc) is 2.34. The van der Waals surface area contributed by atoms with Gasteiger partial charge in [-0.05, 0) is 43.9 Å². The van der Waals surface area contributed by atoms with E-state index in [1.807, 2.05) is 6.08 Å². The van der Waals surface area contributed by atoms with Crippen molar-refractivity contribution in [3.05, 3.63) is 35.9 Å². The third kappa shape index (κ3) is 5.63. The zero-order valence-electron chi connectivity index (χ0n) is 10.6. The van der Waals surface area contributed by atoms with E-state index in [-0.39, 0.29) is 10.6 Å². The molecule has 0 aliphatic carbocycles. The second-order valence-corrected chi connectivity index (χ2v) is 6.09.